The van der Waals surface area contributed by atoms with Gasteiger partial charge in [-0.1, -0.05) is 36.4 Å². The highest BCUT2D eigenvalue weighted by Crippen LogP contribution is 2.15. The maximum atomic E-state index is 13.5. The van der Waals surface area contributed by atoms with Gasteiger partial charge in [0.15, 0.2) is 0 Å². The Morgan fingerprint density at radius 2 is 1.89 bits per heavy atom. The van der Waals surface area contributed by atoms with Crippen LogP contribution in [0.2, 0.25) is 0 Å². The lowest BCUT2D eigenvalue weighted by Gasteiger charge is -2.06. The summed E-state index contributed by atoms with van der Waals surface area (Å²) in [5.74, 6) is 0.124. The van der Waals surface area contributed by atoms with E-state index in [0.717, 1.165) is 16.9 Å². The zero-order chi connectivity index (χ0) is 18.9. The van der Waals surface area contributed by atoms with Crippen molar-refractivity contribution in [2.24, 2.45) is 0 Å². The number of nitrogens with zero attached hydrogens (tertiary/aromatic N) is 1. The Labute approximate surface area is 157 Å². The normalized spacial score (nSPS) is 10.7. The maximum absolute atomic E-state index is 13.5. The summed E-state index contributed by atoms with van der Waals surface area (Å²) >= 11 is 0. The average Bonchev–Trinajstić information content (AvgIpc) is 2.71. The summed E-state index contributed by atoms with van der Waals surface area (Å²) in [6, 6.07) is 17.6. The topological polar surface area (TPSA) is 51.2 Å². The lowest BCUT2D eigenvalue weighted by molar-refractivity contribution is -0.116. The van der Waals surface area contributed by atoms with Crippen LogP contribution in [0.1, 0.15) is 16.7 Å². The summed E-state index contributed by atoms with van der Waals surface area (Å²) in [5, 5.41) is 2.66. The molecule has 0 saturated carbocycles. The van der Waals surface area contributed by atoms with Gasteiger partial charge in [0.2, 0.25) is 5.91 Å². The number of carbonyl (C=O) groups excluding carboxylic acids is 1. The number of ether oxygens (including phenoxy) is 1. The minimum atomic E-state index is -0.330. The largest absolute Gasteiger partial charge is 0.489 e. The van der Waals surface area contributed by atoms with Gasteiger partial charge in [-0.15, -0.1) is 0 Å². The summed E-state index contributed by atoms with van der Waals surface area (Å²) in [6.07, 6.45) is 6.60. The second-order valence-corrected chi connectivity index (χ2v) is 5.86. The summed E-state index contributed by atoms with van der Waals surface area (Å²) in [5.41, 5.74) is 2.31. The lowest BCUT2D eigenvalue weighted by atomic mass is 10.2. The predicted octanol–water partition coefficient (Wildman–Crippen LogP) is 4.13. The van der Waals surface area contributed by atoms with Gasteiger partial charge in [0.1, 0.15) is 18.2 Å². The minimum Gasteiger partial charge on any atom is -0.489 e. The van der Waals surface area contributed by atoms with E-state index < -0.39 is 0 Å². The molecule has 1 N–H and O–H groups in total. The van der Waals surface area contributed by atoms with E-state index in [1.165, 1.54) is 12.1 Å². The third-order valence-corrected chi connectivity index (χ3v) is 3.85. The number of halogens is 1. The van der Waals surface area contributed by atoms with Crippen molar-refractivity contribution >= 4 is 12.0 Å². The highest BCUT2D eigenvalue weighted by molar-refractivity contribution is 5.91. The molecule has 1 heterocycles. The average molecular weight is 362 g/mol. The van der Waals surface area contributed by atoms with Crippen LogP contribution in [0.4, 0.5) is 4.39 Å². The molecule has 27 heavy (non-hydrogen) atoms. The first-order valence-corrected chi connectivity index (χ1v) is 8.52. The molecule has 0 spiro atoms. The van der Waals surface area contributed by atoms with Crippen molar-refractivity contribution in [2.45, 2.75) is 13.2 Å². The third kappa shape index (κ3) is 5.78. The smallest absolute Gasteiger partial charge is 0.244 e. The molecular formula is C22H19FN2O2. The first kappa shape index (κ1) is 18.3. The van der Waals surface area contributed by atoms with E-state index in [2.05, 4.69) is 10.3 Å². The van der Waals surface area contributed by atoms with E-state index in [-0.39, 0.29) is 18.3 Å². The molecule has 0 aliphatic heterocycles. The van der Waals surface area contributed by atoms with Gasteiger partial charge >= 0.3 is 0 Å². The van der Waals surface area contributed by atoms with Gasteiger partial charge in [0.05, 0.1) is 0 Å². The Morgan fingerprint density at radius 1 is 1.07 bits per heavy atom. The zero-order valence-corrected chi connectivity index (χ0v) is 14.6. The van der Waals surface area contributed by atoms with Gasteiger partial charge in [-0.3, -0.25) is 9.78 Å². The fourth-order valence-corrected chi connectivity index (χ4v) is 2.38. The van der Waals surface area contributed by atoms with Crippen LogP contribution in [-0.2, 0) is 17.9 Å². The summed E-state index contributed by atoms with van der Waals surface area (Å²) in [4.78, 5) is 15.9. The van der Waals surface area contributed by atoms with E-state index in [9.17, 15) is 9.18 Å². The van der Waals surface area contributed by atoms with E-state index >= 15 is 0 Å². The summed E-state index contributed by atoms with van der Waals surface area (Å²) in [7, 11) is 0. The molecule has 1 aromatic heterocycles. The number of amides is 1. The molecule has 3 aromatic rings. The van der Waals surface area contributed by atoms with Gasteiger partial charge in [-0.2, -0.15) is 0 Å². The molecule has 2 aromatic carbocycles. The number of aromatic nitrogens is 1. The van der Waals surface area contributed by atoms with E-state index in [0.29, 0.717) is 12.2 Å². The standard InChI is InChI=1S/C22H19FN2O2/c23-21-6-2-1-5-19(21)15-25-22(26)12-9-17-7-10-20(11-8-17)27-16-18-4-3-13-24-14-18/h1-14H,15-16H2,(H,25,26)/b12-9+. The molecule has 0 aliphatic rings. The van der Waals surface area contributed by atoms with Crippen molar-refractivity contribution in [3.05, 3.63) is 102 Å². The monoisotopic (exact) mass is 362 g/mol. The molecule has 3 rings (SSSR count). The number of rotatable bonds is 7. The van der Waals surface area contributed by atoms with Crippen molar-refractivity contribution in [1.82, 2.24) is 10.3 Å². The molecule has 0 aliphatic carbocycles. The Hall–Kier alpha value is -3.47. The van der Waals surface area contributed by atoms with Gasteiger partial charge in [-0.25, -0.2) is 4.39 Å². The van der Waals surface area contributed by atoms with Gasteiger partial charge < -0.3 is 10.1 Å². The second kappa shape index (κ2) is 9.29. The van der Waals surface area contributed by atoms with Crippen molar-refractivity contribution in [2.75, 3.05) is 0 Å². The molecule has 4 nitrogen and oxygen atoms in total. The number of benzene rings is 2. The first-order chi connectivity index (χ1) is 13.2. The number of pyridine rings is 1. The Kier molecular flexibility index (Phi) is 6.30. The van der Waals surface area contributed by atoms with Crippen LogP contribution < -0.4 is 10.1 Å². The second-order valence-electron chi connectivity index (χ2n) is 5.86. The molecule has 1 amide bonds. The highest BCUT2D eigenvalue weighted by Gasteiger charge is 2.02. The zero-order valence-electron chi connectivity index (χ0n) is 14.6. The maximum Gasteiger partial charge on any atom is 0.244 e. The molecule has 5 heteroatoms. The lowest BCUT2D eigenvalue weighted by Crippen LogP contribution is -2.20. The van der Waals surface area contributed by atoms with Crippen LogP contribution in [-0.4, -0.2) is 10.9 Å². The summed E-state index contributed by atoms with van der Waals surface area (Å²) < 4.78 is 19.2. The molecule has 136 valence electrons. The quantitative estimate of drug-likeness (QED) is 0.643. The molecule has 0 saturated heterocycles. The predicted molar refractivity (Wildman–Crippen MR) is 102 cm³/mol. The molecule has 0 fully saturated rings. The Bertz CT molecular complexity index is 909. The van der Waals surface area contributed by atoms with Crippen molar-refractivity contribution in [3.8, 4) is 5.75 Å². The molecule has 0 unspecified atom stereocenters. The van der Waals surface area contributed by atoms with Gasteiger partial charge in [-0.05, 0) is 35.9 Å². The number of nitrogens with one attached hydrogen (secondary N) is 1. The van der Waals surface area contributed by atoms with Crippen LogP contribution in [0.15, 0.2) is 79.1 Å². The number of hydrogen-bond donors (Lipinski definition) is 1. The first-order valence-electron chi connectivity index (χ1n) is 8.52. The number of carbonyl (C=O) groups is 1. The SMILES string of the molecule is O=C(/C=C/c1ccc(OCc2cccnc2)cc1)NCc1ccccc1F. The minimum absolute atomic E-state index is 0.150. The summed E-state index contributed by atoms with van der Waals surface area (Å²) in [6.45, 7) is 0.596. The van der Waals surface area contributed by atoms with E-state index in [1.54, 1.807) is 36.7 Å². The van der Waals surface area contributed by atoms with Crippen LogP contribution in [0.25, 0.3) is 6.08 Å². The fraction of sp³-hybridized carbons (Fsp3) is 0.0909. The van der Waals surface area contributed by atoms with Crippen molar-refractivity contribution in [1.29, 1.82) is 0 Å². The third-order valence-electron chi connectivity index (χ3n) is 3.85. The van der Waals surface area contributed by atoms with E-state index in [4.69, 9.17) is 4.74 Å². The van der Waals surface area contributed by atoms with Crippen molar-refractivity contribution in [3.63, 3.8) is 0 Å². The van der Waals surface area contributed by atoms with E-state index in [1.807, 2.05) is 36.4 Å². The fourth-order valence-electron chi connectivity index (χ4n) is 2.38. The van der Waals surface area contributed by atoms with Crippen LogP contribution in [0, 0.1) is 5.82 Å². The van der Waals surface area contributed by atoms with Crippen LogP contribution in [0.3, 0.4) is 0 Å². The molecule has 0 radical (unpaired) electrons. The van der Waals surface area contributed by atoms with Gasteiger partial charge in [0.25, 0.3) is 0 Å². The highest BCUT2D eigenvalue weighted by atomic mass is 19.1. The van der Waals surface area contributed by atoms with Crippen LogP contribution >= 0.6 is 0 Å². The molecular weight excluding hydrogens is 343 g/mol. The van der Waals surface area contributed by atoms with Gasteiger partial charge in [0, 0.05) is 36.1 Å². The molecule has 0 bridgehead atoms. The number of hydrogen-bond acceptors (Lipinski definition) is 3. The Balaban J connectivity index is 1.48. The van der Waals surface area contributed by atoms with Crippen LogP contribution in [0.5, 0.6) is 5.75 Å². The van der Waals surface area contributed by atoms with Crippen molar-refractivity contribution < 1.29 is 13.9 Å². The molecule has 0 atom stereocenters. The Morgan fingerprint density at radius 3 is 2.63 bits per heavy atom.